The summed E-state index contributed by atoms with van der Waals surface area (Å²) in [6.07, 6.45) is 17.9. The molecule has 1 saturated carbocycles. The third kappa shape index (κ3) is 5.67. The summed E-state index contributed by atoms with van der Waals surface area (Å²) in [5.74, 6) is 1.12. The van der Waals surface area contributed by atoms with Gasteiger partial charge in [0.15, 0.2) is 0 Å². The molecule has 84 valence electrons. The summed E-state index contributed by atoms with van der Waals surface area (Å²) in [5, 5.41) is 0. The second kappa shape index (κ2) is 8.32. The molecule has 0 unspecified atom stereocenters. The highest BCUT2D eigenvalue weighted by Gasteiger charge is 2.13. The zero-order valence-electron chi connectivity index (χ0n) is 10.1. The zero-order valence-corrected chi connectivity index (χ0v) is 10.1. The van der Waals surface area contributed by atoms with Crippen LogP contribution < -0.4 is 0 Å². The molecule has 0 spiro atoms. The molecule has 0 aromatic heterocycles. The Kier molecular flexibility index (Phi) is 7.17. The van der Waals surface area contributed by atoms with Crippen LogP contribution in [0.5, 0.6) is 0 Å². The lowest BCUT2D eigenvalue weighted by molar-refractivity contribution is 0.461. The van der Waals surface area contributed by atoms with Crippen molar-refractivity contribution >= 4 is 0 Å². The minimum atomic E-state index is 1.12. The van der Waals surface area contributed by atoms with Gasteiger partial charge < -0.3 is 0 Å². The molecule has 0 radical (unpaired) electrons. The molecule has 1 aliphatic carbocycles. The van der Waals surface area contributed by atoms with E-state index >= 15 is 0 Å². The molecule has 0 amide bonds. The molecule has 0 aromatic carbocycles. The second-order valence-corrected chi connectivity index (χ2v) is 5.06. The first-order valence-corrected chi connectivity index (χ1v) is 6.93. The molecule has 0 saturated heterocycles. The lowest BCUT2D eigenvalue weighted by Gasteiger charge is -2.07. The smallest absolute Gasteiger partial charge is 0.0414 e. The van der Waals surface area contributed by atoms with Crippen molar-refractivity contribution in [3.05, 3.63) is 0 Å². The maximum Gasteiger partial charge on any atom is -0.0414 e. The van der Waals surface area contributed by atoms with Crippen LogP contribution in [0.15, 0.2) is 0 Å². The van der Waals surface area contributed by atoms with Crippen molar-refractivity contribution in [2.45, 2.75) is 84.0 Å². The number of rotatable bonds is 8. The molecule has 0 N–H and O–H groups in total. The van der Waals surface area contributed by atoms with Crippen LogP contribution in [0.1, 0.15) is 84.0 Å². The Hall–Kier alpha value is 0. The fourth-order valence-corrected chi connectivity index (χ4v) is 2.69. The Morgan fingerprint density at radius 1 is 0.786 bits per heavy atom. The van der Waals surface area contributed by atoms with Crippen LogP contribution in [0.3, 0.4) is 0 Å². The average molecular weight is 196 g/mol. The van der Waals surface area contributed by atoms with Crippen molar-refractivity contribution in [3.63, 3.8) is 0 Å². The summed E-state index contributed by atoms with van der Waals surface area (Å²) in [7, 11) is 0. The van der Waals surface area contributed by atoms with Crippen molar-refractivity contribution in [2.75, 3.05) is 0 Å². The minimum Gasteiger partial charge on any atom is -0.0654 e. The van der Waals surface area contributed by atoms with E-state index in [9.17, 15) is 0 Å². The molecule has 1 rings (SSSR count). The molecule has 0 heterocycles. The quantitative estimate of drug-likeness (QED) is 0.461. The number of hydrogen-bond acceptors (Lipinski definition) is 0. The molecular weight excluding hydrogens is 168 g/mol. The van der Waals surface area contributed by atoms with Crippen molar-refractivity contribution in [1.29, 1.82) is 0 Å². The van der Waals surface area contributed by atoms with Crippen molar-refractivity contribution in [3.8, 4) is 0 Å². The summed E-state index contributed by atoms with van der Waals surface area (Å²) in [6.45, 7) is 2.29. The predicted molar refractivity (Wildman–Crippen MR) is 64.6 cm³/mol. The molecular formula is C14H28. The lowest BCUT2D eigenvalue weighted by Crippen LogP contribution is -1.92. The van der Waals surface area contributed by atoms with Gasteiger partial charge in [0.1, 0.15) is 0 Å². The Labute approximate surface area is 90.5 Å². The highest BCUT2D eigenvalue weighted by Crippen LogP contribution is 2.29. The van der Waals surface area contributed by atoms with E-state index in [1.165, 1.54) is 77.0 Å². The molecule has 0 aromatic rings. The third-order valence-electron chi connectivity index (χ3n) is 3.69. The first kappa shape index (κ1) is 12.1. The second-order valence-electron chi connectivity index (χ2n) is 5.06. The molecule has 1 fully saturated rings. The normalized spacial score (nSPS) is 17.8. The maximum absolute atomic E-state index is 2.29. The van der Waals surface area contributed by atoms with Crippen LogP contribution in [0, 0.1) is 5.92 Å². The first-order chi connectivity index (χ1) is 6.93. The van der Waals surface area contributed by atoms with E-state index < -0.39 is 0 Å². The summed E-state index contributed by atoms with van der Waals surface area (Å²) in [4.78, 5) is 0. The lowest BCUT2D eigenvalue weighted by atomic mass is 9.99. The Bertz CT molecular complexity index is 111. The minimum absolute atomic E-state index is 1.12. The third-order valence-corrected chi connectivity index (χ3v) is 3.69. The van der Waals surface area contributed by atoms with E-state index in [4.69, 9.17) is 0 Å². The van der Waals surface area contributed by atoms with Gasteiger partial charge in [-0.1, -0.05) is 84.0 Å². The van der Waals surface area contributed by atoms with Gasteiger partial charge in [0, 0.05) is 0 Å². The molecule has 0 nitrogen and oxygen atoms in total. The first-order valence-electron chi connectivity index (χ1n) is 6.93. The van der Waals surface area contributed by atoms with Crippen LogP contribution in [0.25, 0.3) is 0 Å². The van der Waals surface area contributed by atoms with Crippen molar-refractivity contribution in [2.24, 2.45) is 5.92 Å². The Morgan fingerprint density at radius 3 is 2.00 bits per heavy atom. The summed E-state index contributed by atoms with van der Waals surface area (Å²) < 4.78 is 0. The molecule has 14 heavy (non-hydrogen) atoms. The van der Waals surface area contributed by atoms with E-state index in [1.807, 2.05) is 0 Å². The predicted octanol–water partition coefficient (Wildman–Crippen LogP) is 5.32. The Balaban J connectivity index is 1.75. The van der Waals surface area contributed by atoms with E-state index in [2.05, 4.69) is 6.92 Å². The van der Waals surface area contributed by atoms with E-state index in [0.717, 1.165) is 5.92 Å². The standard InChI is InChI=1S/C14H28/c1-2-3-4-5-6-7-8-11-14-12-9-10-13-14/h14H,2-13H2,1H3. The van der Waals surface area contributed by atoms with Gasteiger partial charge in [-0.2, -0.15) is 0 Å². The molecule has 0 aliphatic heterocycles. The van der Waals surface area contributed by atoms with Crippen LogP contribution >= 0.6 is 0 Å². The van der Waals surface area contributed by atoms with Gasteiger partial charge in [0.05, 0.1) is 0 Å². The molecule has 0 bridgehead atoms. The highest BCUT2D eigenvalue weighted by atomic mass is 14.2. The van der Waals surface area contributed by atoms with E-state index in [0.29, 0.717) is 0 Å². The van der Waals surface area contributed by atoms with Gasteiger partial charge in [-0.05, 0) is 5.92 Å². The van der Waals surface area contributed by atoms with Crippen LogP contribution in [-0.2, 0) is 0 Å². The van der Waals surface area contributed by atoms with E-state index in [1.54, 1.807) is 0 Å². The van der Waals surface area contributed by atoms with Crippen LogP contribution in [0.4, 0.5) is 0 Å². The topological polar surface area (TPSA) is 0 Å². The van der Waals surface area contributed by atoms with Gasteiger partial charge in [-0.3, -0.25) is 0 Å². The zero-order chi connectivity index (χ0) is 10.1. The van der Waals surface area contributed by atoms with Gasteiger partial charge >= 0.3 is 0 Å². The van der Waals surface area contributed by atoms with E-state index in [-0.39, 0.29) is 0 Å². The van der Waals surface area contributed by atoms with Crippen molar-refractivity contribution in [1.82, 2.24) is 0 Å². The van der Waals surface area contributed by atoms with Crippen LogP contribution in [0.2, 0.25) is 0 Å². The maximum atomic E-state index is 2.29. The fraction of sp³-hybridized carbons (Fsp3) is 1.00. The molecule has 0 atom stereocenters. The van der Waals surface area contributed by atoms with Crippen molar-refractivity contribution < 1.29 is 0 Å². The fourth-order valence-electron chi connectivity index (χ4n) is 2.69. The monoisotopic (exact) mass is 196 g/mol. The van der Waals surface area contributed by atoms with Gasteiger partial charge in [-0.25, -0.2) is 0 Å². The average Bonchev–Trinajstić information content (AvgIpc) is 2.69. The summed E-state index contributed by atoms with van der Waals surface area (Å²) in [5.41, 5.74) is 0. The van der Waals surface area contributed by atoms with Gasteiger partial charge in [0.2, 0.25) is 0 Å². The summed E-state index contributed by atoms with van der Waals surface area (Å²) in [6, 6.07) is 0. The Morgan fingerprint density at radius 2 is 1.36 bits per heavy atom. The highest BCUT2D eigenvalue weighted by molar-refractivity contribution is 4.66. The van der Waals surface area contributed by atoms with Crippen LogP contribution in [-0.4, -0.2) is 0 Å². The number of hydrogen-bond donors (Lipinski definition) is 0. The van der Waals surface area contributed by atoms with Gasteiger partial charge in [-0.15, -0.1) is 0 Å². The SMILES string of the molecule is CCCCCCCCCC1CCCC1. The molecule has 1 aliphatic rings. The van der Waals surface area contributed by atoms with Gasteiger partial charge in [0.25, 0.3) is 0 Å². The number of unbranched alkanes of at least 4 members (excludes halogenated alkanes) is 6. The summed E-state index contributed by atoms with van der Waals surface area (Å²) >= 11 is 0. The largest absolute Gasteiger partial charge is 0.0654 e. The molecule has 0 heteroatoms.